The molecule has 1 N–H and O–H groups in total. The lowest BCUT2D eigenvalue weighted by molar-refractivity contribution is 0.628. The molecule has 3 rings (SSSR count). The number of halogens is 2. The maximum absolute atomic E-state index is 13.1. The molecule has 0 aliphatic heterocycles. The Hall–Kier alpha value is -2.12. The molecule has 3 nitrogen and oxygen atoms in total. The molecule has 1 aliphatic rings. The standard InChI is InChI=1S/C15H11ClFN3/c16-12-7-11(4-5-13(12)17)19-15-10(8-18)3-6-14(20-15)9-1-2-9/h3-7,9H,1-2H2,(H,19,20). The van der Waals surface area contributed by atoms with Gasteiger partial charge in [0.15, 0.2) is 0 Å². The number of rotatable bonds is 3. The molecule has 2 aromatic rings. The van der Waals surface area contributed by atoms with Gasteiger partial charge in [0, 0.05) is 17.3 Å². The highest BCUT2D eigenvalue weighted by atomic mass is 35.5. The van der Waals surface area contributed by atoms with Crippen molar-refractivity contribution in [2.45, 2.75) is 18.8 Å². The van der Waals surface area contributed by atoms with E-state index < -0.39 is 5.82 Å². The van der Waals surface area contributed by atoms with Gasteiger partial charge in [-0.25, -0.2) is 9.37 Å². The Morgan fingerprint density at radius 3 is 2.75 bits per heavy atom. The first kappa shape index (κ1) is 12.9. The average molecular weight is 288 g/mol. The largest absolute Gasteiger partial charge is 0.339 e. The fraction of sp³-hybridized carbons (Fsp3) is 0.200. The molecule has 0 atom stereocenters. The third-order valence-corrected chi connectivity index (χ3v) is 3.50. The third-order valence-electron chi connectivity index (χ3n) is 3.22. The van der Waals surface area contributed by atoms with Gasteiger partial charge in [-0.1, -0.05) is 11.6 Å². The normalized spacial score (nSPS) is 13.8. The highest BCUT2D eigenvalue weighted by molar-refractivity contribution is 6.31. The smallest absolute Gasteiger partial charge is 0.148 e. The summed E-state index contributed by atoms with van der Waals surface area (Å²) in [7, 11) is 0. The van der Waals surface area contributed by atoms with E-state index in [4.69, 9.17) is 16.9 Å². The average Bonchev–Trinajstić information content (AvgIpc) is 3.27. The molecular formula is C15H11ClFN3. The zero-order valence-corrected chi connectivity index (χ0v) is 11.3. The molecule has 0 bridgehead atoms. The summed E-state index contributed by atoms with van der Waals surface area (Å²) in [5.74, 6) is 0.511. The van der Waals surface area contributed by atoms with Crippen molar-refractivity contribution in [2.75, 3.05) is 5.32 Å². The number of anilines is 2. The number of nitriles is 1. The minimum Gasteiger partial charge on any atom is -0.339 e. The van der Waals surface area contributed by atoms with Gasteiger partial charge in [-0.15, -0.1) is 0 Å². The van der Waals surface area contributed by atoms with Crippen molar-refractivity contribution in [3.05, 3.63) is 52.4 Å². The number of pyridine rings is 1. The van der Waals surface area contributed by atoms with Crippen molar-refractivity contribution >= 4 is 23.1 Å². The van der Waals surface area contributed by atoms with E-state index in [0.29, 0.717) is 23.0 Å². The molecule has 1 aliphatic carbocycles. The monoisotopic (exact) mass is 287 g/mol. The van der Waals surface area contributed by atoms with Crippen LogP contribution in [0.5, 0.6) is 0 Å². The SMILES string of the molecule is N#Cc1ccc(C2CC2)nc1Nc1ccc(F)c(Cl)c1. The first-order chi connectivity index (χ1) is 9.67. The Kier molecular flexibility index (Phi) is 3.29. The van der Waals surface area contributed by atoms with Gasteiger partial charge in [0.1, 0.15) is 17.7 Å². The van der Waals surface area contributed by atoms with Crippen LogP contribution in [0.2, 0.25) is 5.02 Å². The summed E-state index contributed by atoms with van der Waals surface area (Å²) >= 11 is 5.75. The molecule has 100 valence electrons. The van der Waals surface area contributed by atoms with E-state index in [1.165, 1.54) is 12.1 Å². The van der Waals surface area contributed by atoms with Crippen LogP contribution in [0.1, 0.15) is 30.0 Å². The molecule has 0 radical (unpaired) electrons. The second-order valence-corrected chi connectivity index (χ2v) is 5.18. The Balaban J connectivity index is 1.94. The first-order valence-electron chi connectivity index (χ1n) is 6.30. The summed E-state index contributed by atoms with van der Waals surface area (Å²) in [6, 6.07) is 10.1. The Bertz CT molecular complexity index is 705. The number of nitrogens with one attached hydrogen (secondary N) is 1. The van der Waals surface area contributed by atoms with Crippen LogP contribution >= 0.6 is 11.6 Å². The molecule has 1 fully saturated rings. The predicted molar refractivity (Wildman–Crippen MR) is 75.6 cm³/mol. The second kappa shape index (κ2) is 5.10. The van der Waals surface area contributed by atoms with Crippen LogP contribution in [0.4, 0.5) is 15.9 Å². The Morgan fingerprint density at radius 2 is 2.10 bits per heavy atom. The lowest BCUT2D eigenvalue weighted by Gasteiger charge is -2.09. The van der Waals surface area contributed by atoms with Crippen molar-refractivity contribution in [3.8, 4) is 6.07 Å². The molecule has 0 saturated heterocycles. The molecule has 20 heavy (non-hydrogen) atoms. The molecule has 1 aromatic carbocycles. The van der Waals surface area contributed by atoms with Crippen LogP contribution in [0, 0.1) is 17.1 Å². The van der Waals surface area contributed by atoms with Crippen LogP contribution in [0.3, 0.4) is 0 Å². The highest BCUT2D eigenvalue weighted by Gasteiger charge is 2.25. The third kappa shape index (κ3) is 2.59. The quantitative estimate of drug-likeness (QED) is 0.912. The van der Waals surface area contributed by atoms with Crippen molar-refractivity contribution in [1.82, 2.24) is 4.98 Å². The predicted octanol–water partition coefficient (Wildman–Crippen LogP) is 4.37. The maximum atomic E-state index is 13.1. The number of hydrogen-bond acceptors (Lipinski definition) is 3. The van der Waals surface area contributed by atoms with Crippen molar-refractivity contribution in [1.29, 1.82) is 5.26 Å². The summed E-state index contributed by atoms with van der Waals surface area (Å²) in [6.45, 7) is 0. The zero-order valence-electron chi connectivity index (χ0n) is 10.5. The van der Waals surface area contributed by atoms with Gasteiger partial charge in [-0.05, 0) is 43.2 Å². The van der Waals surface area contributed by atoms with Crippen molar-refractivity contribution in [3.63, 3.8) is 0 Å². The molecule has 1 saturated carbocycles. The second-order valence-electron chi connectivity index (χ2n) is 4.77. The van der Waals surface area contributed by atoms with E-state index >= 15 is 0 Å². The van der Waals surface area contributed by atoms with E-state index in [0.717, 1.165) is 18.5 Å². The number of aromatic nitrogens is 1. The number of hydrogen-bond donors (Lipinski definition) is 1. The van der Waals surface area contributed by atoms with Gasteiger partial charge in [0.2, 0.25) is 0 Å². The minimum atomic E-state index is -0.475. The lowest BCUT2D eigenvalue weighted by Crippen LogP contribution is -2.00. The molecule has 0 amide bonds. The van der Waals surface area contributed by atoms with Gasteiger partial charge in [-0.2, -0.15) is 5.26 Å². The number of nitrogens with zero attached hydrogens (tertiary/aromatic N) is 2. The molecule has 1 aromatic heterocycles. The van der Waals surface area contributed by atoms with Gasteiger partial charge in [0.05, 0.1) is 10.6 Å². The summed E-state index contributed by atoms with van der Waals surface area (Å²) in [5.41, 5.74) is 2.04. The van der Waals surface area contributed by atoms with Gasteiger partial charge in [0.25, 0.3) is 0 Å². The van der Waals surface area contributed by atoms with Crippen LogP contribution in [0.15, 0.2) is 30.3 Å². The first-order valence-corrected chi connectivity index (χ1v) is 6.68. The van der Waals surface area contributed by atoms with Crippen molar-refractivity contribution in [2.24, 2.45) is 0 Å². The van der Waals surface area contributed by atoms with E-state index in [2.05, 4.69) is 16.4 Å². The molecule has 0 spiro atoms. The molecule has 1 heterocycles. The van der Waals surface area contributed by atoms with Crippen LogP contribution in [0.25, 0.3) is 0 Å². The van der Waals surface area contributed by atoms with E-state index in [9.17, 15) is 4.39 Å². The number of benzene rings is 1. The van der Waals surface area contributed by atoms with Crippen LogP contribution < -0.4 is 5.32 Å². The van der Waals surface area contributed by atoms with Gasteiger partial charge >= 0.3 is 0 Å². The zero-order chi connectivity index (χ0) is 14.1. The fourth-order valence-corrected chi connectivity index (χ4v) is 2.16. The van der Waals surface area contributed by atoms with Crippen LogP contribution in [-0.2, 0) is 0 Å². The fourth-order valence-electron chi connectivity index (χ4n) is 1.98. The minimum absolute atomic E-state index is 0.0341. The van der Waals surface area contributed by atoms with Crippen molar-refractivity contribution < 1.29 is 4.39 Å². The van der Waals surface area contributed by atoms with E-state index in [1.54, 1.807) is 12.1 Å². The summed E-state index contributed by atoms with van der Waals surface area (Å²) in [4.78, 5) is 4.48. The Labute approximate surface area is 121 Å². The molecule has 5 heteroatoms. The summed E-state index contributed by atoms with van der Waals surface area (Å²) < 4.78 is 13.1. The molecule has 0 unspecified atom stereocenters. The molecular weight excluding hydrogens is 277 g/mol. The van der Waals surface area contributed by atoms with Gasteiger partial charge < -0.3 is 5.32 Å². The van der Waals surface area contributed by atoms with Crippen LogP contribution in [-0.4, -0.2) is 4.98 Å². The summed E-state index contributed by atoms with van der Waals surface area (Å²) in [6.07, 6.45) is 2.28. The highest BCUT2D eigenvalue weighted by Crippen LogP contribution is 2.39. The topological polar surface area (TPSA) is 48.7 Å². The summed E-state index contributed by atoms with van der Waals surface area (Å²) in [5, 5.41) is 12.2. The maximum Gasteiger partial charge on any atom is 0.148 e. The Morgan fingerprint density at radius 1 is 1.30 bits per heavy atom. The van der Waals surface area contributed by atoms with E-state index in [1.807, 2.05) is 6.07 Å². The lowest BCUT2D eigenvalue weighted by atomic mass is 10.2. The van der Waals surface area contributed by atoms with E-state index in [-0.39, 0.29) is 5.02 Å². The van der Waals surface area contributed by atoms with Gasteiger partial charge in [-0.3, -0.25) is 0 Å².